The van der Waals surface area contributed by atoms with E-state index >= 15 is 0 Å². The molecule has 3 rings (SSSR count). The molecule has 0 aliphatic heterocycles. The first-order chi connectivity index (χ1) is 14.8. The first kappa shape index (κ1) is 23.6. The number of nitrogens with one attached hydrogen (secondary N) is 2. The van der Waals surface area contributed by atoms with Crippen molar-refractivity contribution in [3.63, 3.8) is 0 Å². The second-order valence-electron chi connectivity index (χ2n) is 6.51. The van der Waals surface area contributed by atoms with Gasteiger partial charge in [-0.05, 0) is 56.0 Å². The van der Waals surface area contributed by atoms with Crippen LogP contribution in [-0.2, 0) is 14.8 Å². The van der Waals surface area contributed by atoms with Crippen LogP contribution in [0.3, 0.4) is 0 Å². The SMILES string of the molecule is CCSc1nsc(NC(=O)C(C)Sc2ccc(NS(=O)(=O)c3ccc(C)cc3)cc2)n1. The van der Waals surface area contributed by atoms with Gasteiger partial charge in [-0.3, -0.25) is 14.8 Å². The number of aromatic nitrogens is 2. The van der Waals surface area contributed by atoms with Crippen LogP contribution in [0.5, 0.6) is 0 Å². The van der Waals surface area contributed by atoms with Crippen LogP contribution in [0.15, 0.2) is 63.5 Å². The molecule has 1 aromatic heterocycles. The van der Waals surface area contributed by atoms with Gasteiger partial charge in [0.1, 0.15) is 0 Å². The Labute approximate surface area is 194 Å². The summed E-state index contributed by atoms with van der Waals surface area (Å²) in [6.45, 7) is 5.72. The van der Waals surface area contributed by atoms with Gasteiger partial charge >= 0.3 is 0 Å². The molecule has 3 aromatic rings. The average molecular weight is 495 g/mol. The van der Waals surface area contributed by atoms with Gasteiger partial charge in [0.2, 0.25) is 16.2 Å². The largest absolute Gasteiger partial charge is 0.300 e. The molecule has 2 aromatic carbocycles. The fraction of sp³-hybridized carbons (Fsp3) is 0.250. The molecular formula is C20H22N4O3S4. The monoisotopic (exact) mass is 494 g/mol. The van der Waals surface area contributed by atoms with Crippen molar-refractivity contribution >= 4 is 61.8 Å². The number of amides is 1. The van der Waals surface area contributed by atoms with Crippen molar-refractivity contribution in [2.45, 2.75) is 41.0 Å². The Morgan fingerprint density at radius 2 is 1.81 bits per heavy atom. The standard InChI is InChI=1S/C20H22N4O3S4/c1-4-28-20-22-19(30-23-20)21-18(25)14(3)29-16-9-7-15(8-10-16)24-31(26,27)17-11-5-13(2)6-12-17/h5-12,14,24H,4H2,1-3H3,(H,21,22,23,25). The number of sulfonamides is 1. The van der Waals surface area contributed by atoms with E-state index in [1.807, 2.05) is 13.8 Å². The third-order valence-electron chi connectivity index (χ3n) is 4.03. The molecule has 0 bridgehead atoms. The van der Waals surface area contributed by atoms with Crippen LogP contribution in [0.1, 0.15) is 19.4 Å². The zero-order valence-electron chi connectivity index (χ0n) is 17.2. The lowest BCUT2D eigenvalue weighted by Crippen LogP contribution is -2.22. The molecule has 11 heteroatoms. The van der Waals surface area contributed by atoms with Crippen molar-refractivity contribution in [2.24, 2.45) is 0 Å². The Morgan fingerprint density at radius 3 is 2.45 bits per heavy atom. The lowest BCUT2D eigenvalue weighted by atomic mass is 10.2. The summed E-state index contributed by atoms with van der Waals surface area (Å²) in [5, 5.41) is 3.57. The molecule has 31 heavy (non-hydrogen) atoms. The van der Waals surface area contributed by atoms with Crippen molar-refractivity contribution in [3.05, 3.63) is 54.1 Å². The van der Waals surface area contributed by atoms with E-state index in [1.165, 1.54) is 23.5 Å². The van der Waals surface area contributed by atoms with Gasteiger partial charge < -0.3 is 0 Å². The van der Waals surface area contributed by atoms with Crippen LogP contribution in [-0.4, -0.2) is 34.7 Å². The van der Waals surface area contributed by atoms with E-state index in [4.69, 9.17) is 0 Å². The van der Waals surface area contributed by atoms with Gasteiger partial charge in [-0.25, -0.2) is 8.42 Å². The van der Waals surface area contributed by atoms with E-state index < -0.39 is 10.0 Å². The van der Waals surface area contributed by atoms with Gasteiger partial charge in [0.05, 0.1) is 10.1 Å². The number of hydrogen-bond acceptors (Lipinski definition) is 8. The van der Waals surface area contributed by atoms with Gasteiger partial charge in [0.25, 0.3) is 10.0 Å². The molecule has 0 aliphatic rings. The quantitative estimate of drug-likeness (QED) is 0.409. The molecule has 0 saturated heterocycles. The van der Waals surface area contributed by atoms with Crippen molar-refractivity contribution in [1.82, 2.24) is 9.36 Å². The summed E-state index contributed by atoms with van der Waals surface area (Å²) in [5.74, 6) is 0.700. The Bertz CT molecular complexity index is 1130. The van der Waals surface area contributed by atoms with Gasteiger partial charge in [0, 0.05) is 22.1 Å². The highest BCUT2D eigenvalue weighted by molar-refractivity contribution is 8.00. The Kier molecular flexibility index (Phi) is 7.98. The lowest BCUT2D eigenvalue weighted by Gasteiger charge is -2.12. The minimum atomic E-state index is -3.65. The number of thioether (sulfide) groups is 2. The molecule has 0 aliphatic carbocycles. The maximum atomic E-state index is 12.5. The molecule has 1 heterocycles. The van der Waals surface area contributed by atoms with Crippen molar-refractivity contribution in [1.29, 1.82) is 0 Å². The van der Waals surface area contributed by atoms with E-state index in [2.05, 4.69) is 19.4 Å². The van der Waals surface area contributed by atoms with Crippen LogP contribution in [0, 0.1) is 6.92 Å². The van der Waals surface area contributed by atoms with Crippen molar-refractivity contribution < 1.29 is 13.2 Å². The molecule has 1 unspecified atom stereocenters. The fourth-order valence-corrected chi connectivity index (χ4v) is 5.65. The van der Waals surface area contributed by atoms with E-state index in [9.17, 15) is 13.2 Å². The van der Waals surface area contributed by atoms with Gasteiger partial charge in [-0.1, -0.05) is 36.4 Å². The first-order valence-electron chi connectivity index (χ1n) is 9.40. The highest BCUT2D eigenvalue weighted by atomic mass is 32.2. The predicted molar refractivity (Wildman–Crippen MR) is 129 cm³/mol. The summed E-state index contributed by atoms with van der Waals surface area (Å²) in [7, 11) is -3.65. The highest BCUT2D eigenvalue weighted by Gasteiger charge is 2.17. The minimum absolute atomic E-state index is 0.168. The maximum absolute atomic E-state index is 12.5. The predicted octanol–water partition coefficient (Wildman–Crippen LogP) is 4.88. The van der Waals surface area contributed by atoms with Gasteiger partial charge in [-0.2, -0.15) is 9.36 Å². The zero-order valence-corrected chi connectivity index (χ0v) is 20.4. The number of rotatable bonds is 9. The highest BCUT2D eigenvalue weighted by Crippen LogP contribution is 2.27. The lowest BCUT2D eigenvalue weighted by molar-refractivity contribution is -0.115. The summed E-state index contributed by atoms with van der Waals surface area (Å²) in [4.78, 5) is 17.8. The fourth-order valence-electron chi connectivity index (χ4n) is 2.45. The van der Waals surface area contributed by atoms with E-state index in [-0.39, 0.29) is 16.1 Å². The summed E-state index contributed by atoms with van der Waals surface area (Å²) in [6, 6.07) is 13.6. The number of carbonyl (C=O) groups excluding carboxylic acids is 1. The van der Waals surface area contributed by atoms with E-state index in [0.717, 1.165) is 27.7 Å². The Balaban J connectivity index is 1.57. The van der Waals surface area contributed by atoms with Crippen LogP contribution in [0.25, 0.3) is 0 Å². The molecule has 2 N–H and O–H groups in total. The normalized spacial score (nSPS) is 12.4. The second kappa shape index (κ2) is 10.5. The molecule has 7 nitrogen and oxygen atoms in total. The van der Waals surface area contributed by atoms with Crippen molar-refractivity contribution in [3.8, 4) is 0 Å². The summed E-state index contributed by atoms with van der Waals surface area (Å²) >= 11 is 4.06. The number of carbonyl (C=O) groups is 1. The number of hydrogen-bond donors (Lipinski definition) is 2. The second-order valence-corrected chi connectivity index (χ2v) is 11.6. The third kappa shape index (κ3) is 6.70. The third-order valence-corrected chi connectivity index (χ3v) is 8.02. The molecule has 0 saturated carbocycles. The molecule has 0 radical (unpaired) electrons. The zero-order chi connectivity index (χ0) is 22.4. The number of anilines is 2. The molecule has 1 atom stereocenters. The average Bonchev–Trinajstić information content (AvgIpc) is 3.16. The Morgan fingerprint density at radius 1 is 1.13 bits per heavy atom. The van der Waals surface area contributed by atoms with Crippen LogP contribution < -0.4 is 10.0 Å². The number of aryl methyl sites for hydroxylation is 1. The number of benzene rings is 2. The molecule has 1 amide bonds. The first-order valence-corrected chi connectivity index (χ1v) is 13.5. The summed E-state index contributed by atoms with van der Waals surface area (Å²) < 4.78 is 31.8. The molecular weight excluding hydrogens is 473 g/mol. The Hall–Kier alpha value is -2.08. The van der Waals surface area contributed by atoms with Crippen molar-refractivity contribution in [2.75, 3.05) is 15.8 Å². The summed E-state index contributed by atoms with van der Waals surface area (Å²) in [6.07, 6.45) is 0. The van der Waals surface area contributed by atoms with Gasteiger partial charge in [-0.15, -0.1) is 11.8 Å². The smallest absolute Gasteiger partial charge is 0.261 e. The minimum Gasteiger partial charge on any atom is -0.300 e. The topological polar surface area (TPSA) is 101 Å². The summed E-state index contributed by atoms with van der Waals surface area (Å²) in [5.41, 5.74) is 1.45. The maximum Gasteiger partial charge on any atom is 0.261 e. The van der Waals surface area contributed by atoms with Crippen LogP contribution in [0.2, 0.25) is 0 Å². The van der Waals surface area contributed by atoms with E-state index in [1.54, 1.807) is 55.5 Å². The van der Waals surface area contributed by atoms with Crippen LogP contribution >= 0.6 is 35.1 Å². The molecule has 0 spiro atoms. The number of nitrogens with zero attached hydrogens (tertiary/aromatic N) is 2. The van der Waals surface area contributed by atoms with E-state index in [0.29, 0.717) is 16.0 Å². The molecule has 164 valence electrons. The molecule has 0 fully saturated rings. The van der Waals surface area contributed by atoms with Crippen LogP contribution in [0.4, 0.5) is 10.8 Å². The van der Waals surface area contributed by atoms with Gasteiger partial charge in [0.15, 0.2) is 0 Å².